The van der Waals surface area contributed by atoms with E-state index in [-0.39, 0.29) is 11.4 Å². The number of nitrogens with zero attached hydrogens (tertiary/aromatic N) is 2. The zero-order valence-corrected chi connectivity index (χ0v) is 10.7. The molecule has 0 fully saturated rings. The van der Waals surface area contributed by atoms with Crippen molar-refractivity contribution < 1.29 is 14.3 Å². The van der Waals surface area contributed by atoms with Gasteiger partial charge in [0.1, 0.15) is 11.4 Å². The number of thiophene rings is 1. The fraction of sp³-hybridized carbons (Fsp3) is 0.0769. The van der Waals surface area contributed by atoms with Gasteiger partial charge in [-0.05, 0) is 18.2 Å². The van der Waals surface area contributed by atoms with E-state index < -0.39 is 5.97 Å². The van der Waals surface area contributed by atoms with Gasteiger partial charge in [0.15, 0.2) is 0 Å². The molecule has 96 valence electrons. The van der Waals surface area contributed by atoms with E-state index in [2.05, 4.69) is 5.10 Å². The Labute approximate surface area is 111 Å². The monoisotopic (exact) mass is 276 g/mol. The van der Waals surface area contributed by atoms with E-state index in [1.807, 2.05) is 6.07 Å². The van der Waals surface area contributed by atoms with E-state index in [1.54, 1.807) is 19.2 Å². The molecule has 0 amide bonds. The van der Waals surface area contributed by atoms with Gasteiger partial charge in [0.05, 0.1) is 16.8 Å². The standard InChI is InChI=1S/C13H9FN2O2S/c1-16-12(8(6-15-16)13(17)18)11-5-7-9(14)3-2-4-10(7)19-11/h2-6H,1H3,(H,17,18). The van der Waals surface area contributed by atoms with Crippen molar-refractivity contribution in [1.82, 2.24) is 9.78 Å². The van der Waals surface area contributed by atoms with Crippen LogP contribution in [0, 0.1) is 5.82 Å². The fourth-order valence-electron chi connectivity index (χ4n) is 2.03. The van der Waals surface area contributed by atoms with Crippen LogP contribution in [0.1, 0.15) is 10.4 Å². The van der Waals surface area contributed by atoms with Gasteiger partial charge in [0.25, 0.3) is 0 Å². The van der Waals surface area contributed by atoms with Crippen LogP contribution < -0.4 is 0 Å². The van der Waals surface area contributed by atoms with E-state index in [0.717, 1.165) is 4.70 Å². The molecule has 6 heteroatoms. The van der Waals surface area contributed by atoms with Crippen LogP contribution in [0.15, 0.2) is 30.5 Å². The smallest absolute Gasteiger partial charge is 0.339 e. The second kappa shape index (κ2) is 4.17. The number of rotatable bonds is 2. The Morgan fingerprint density at radius 1 is 1.47 bits per heavy atom. The minimum atomic E-state index is -1.04. The topological polar surface area (TPSA) is 55.1 Å². The molecule has 2 aromatic heterocycles. The van der Waals surface area contributed by atoms with E-state index in [0.29, 0.717) is 16.0 Å². The molecule has 3 rings (SSSR count). The fourth-order valence-corrected chi connectivity index (χ4v) is 3.19. The van der Waals surface area contributed by atoms with Crippen LogP contribution in [0.2, 0.25) is 0 Å². The molecule has 0 aliphatic heterocycles. The summed E-state index contributed by atoms with van der Waals surface area (Å²) in [6, 6.07) is 6.50. The van der Waals surface area contributed by atoms with Crippen LogP contribution in [-0.2, 0) is 7.05 Å². The highest BCUT2D eigenvalue weighted by Gasteiger charge is 2.19. The lowest BCUT2D eigenvalue weighted by atomic mass is 10.2. The summed E-state index contributed by atoms with van der Waals surface area (Å²) >= 11 is 1.35. The summed E-state index contributed by atoms with van der Waals surface area (Å²) < 4.78 is 15.9. The minimum Gasteiger partial charge on any atom is -0.478 e. The van der Waals surface area contributed by atoms with Crippen molar-refractivity contribution in [3.05, 3.63) is 41.8 Å². The molecule has 0 aliphatic carbocycles. The van der Waals surface area contributed by atoms with Crippen LogP contribution in [0.25, 0.3) is 20.7 Å². The third-order valence-corrected chi connectivity index (χ3v) is 4.02. The third-order valence-electron chi connectivity index (χ3n) is 2.91. The molecule has 2 heterocycles. The first-order valence-corrected chi connectivity index (χ1v) is 6.33. The Balaban J connectivity index is 2.28. The predicted octanol–water partition coefficient (Wildman–Crippen LogP) is 3.14. The lowest BCUT2D eigenvalue weighted by molar-refractivity contribution is 0.0697. The van der Waals surface area contributed by atoms with Gasteiger partial charge in [-0.15, -0.1) is 11.3 Å². The van der Waals surface area contributed by atoms with E-state index in [1.165, 1.54) is 28.3 Å². The molecule has 1 N–H and O–H groups in total. The van der Waals surface area contributed by atoms with Gasteiger partial charge in [-0.3, -0.25) is 4.68 Å². The number of carboxylic acid groups (broad SMARTS) is 1. The van der Waals surface area contributed by atoms with Gasteiger partial charge in [0, 0.05) is 17.1 Å². The highest BCUT2D eigenvalue weighted by atomic mass is 32.1. The molecule has 0 bridgehead atoms. The summed E-state index contributed by atoms with van der Waals surface area (Å²) in [6.45, 7) is 0. The highest BCUT2D eigenvalue weighted by Crippen LogP contribution is 2.35. The van der Waals surface area contributed by atoms with Gasteiger partial charge in [0.2, 0.25) is 0 Å². The summed E-state index contributed by atoms with van der Waals surface area (Å²) in [7, 11) is 1.67. The van der Waals surface area contributed by atoms with Crippen molar-refractivity contribution in [1.29, 1.82) is 0 Å². The molecular formula is C13H9FN2O2S. The number of aromatic nitrogens is 2. The molecule has 0 aliphatic rings. The SMILES string of the molecule is Cn1ncc(C(=O)O)c1-c1cc2c(F)cccc2s1. The van der Waals surface area contributed by atoms with Crippen LogP contribution in [-0.4, -0.2) is 20.9 Å². The zero-order chi connectivity index (χ0) is 13.6. The molecule has 0 atom stereocenters. The molecule has 19 heavy (non-hydrogen) atoms. The minimum absolute atomic E-state index is 0.120. The van der Waals surface area contributed by atoms with Gasteiger partial charge in [-0.1, -0.05) is 6.07 Å². The number of benzene rings is 1. The molecule has 4 nitrogen and oxygen atoms in total. The van der Waals surface area contributed by atoms with Crippen LogP contribution >= 0.6 is 11.3 Å². The molecular weight excluding hydrogens is 267 g/mol. The average Bonchev–Trinajstić information content (AvgIpc) is 2.92. The number of aromatic carboxylic acids is 1. The van der Waals surface area contributed by atoms with Crippen molar-refractivity contribution in [2.45, 2.75) is 0 Å². The molecule has 0 unspecified atom stereocenters. The summed E-state index contributed by atoms with van der Waals surface area (Å²) in [4.78, 5) is 11.9. The van der Waals surface area contributed by atoms with Gasteiger partial charge >= 0.3 is 5.97 Å². The maximum Gasteiger partial charge on any atom is 0.339 e. The number of aryl methyl sites for hydroxylation is 1. The second-order valence-electron chi connectivity index (χ2n) is 4.10. The summed E-state index contributed by atoms with van der Waals surface area (Å²) in [6.07, 6.45) is 1.30. The molecule has 0 radical (unpaired) electrons. The van der Waals surface area contributed by atoms with Crippen molar-refractivity contribution in [3.8, 4) is 10.6 Å². The Morgan fingerprint density at radius 2 is 2.26 bits per heavy atom. The number of fused-ring (bicyclic) bond motifs is 1. The Kier molecular flexibility index (Phi) is 2.60. The van der Waals surface area contributed by atoms with E-state index >= 15 is 0 Å². The van der Waals surface area contributed by atoms with Crippen molar-refractivity contribution in [2.24, 2.45) is 7.05 Å². The number of halogens is 1. The number of carbonyl (C=O) groups is 1. The molecule has 0 spiro atoms. The number of hydrogen-bond acceptors (Lipinski definition) is 3. The first-order chi connectivity index (χ1) is 9.08. The molecule has 0 saturated carbocycles. The van der Waals surface area contributed by atoms with E-state index in [4.69, 9.17) is 5.11 Å². The summed E-state index contributed by atoms with van der Waals surface area (Å²) in [5.74, 6) is -1.35. The predicted molar refractivity (Wildman–Crippen MR) is 70.9 cm³/mol. The third kappa shape index (κ3) is 1.80. The second-order valence-corrected chi connectivity index (χ2v) is 5.18. The maximum absolute atomic E-state index is 13.7. The van der Waals surface area contributed by atoms with Crippen molar-refractivity contribution in [3.63, 3.8) is 0 Å². The van der Waals surface area contributed by atoms with Crippen LogP contribution in [0.5, 0.6) is 0 Å². The largest absolute Gasteiger partial charge is 0.478 e. The normalized spacial score (nSPS) is 11.1. The Bertz CT molecular complexity index is 791. The van der Waals surface area contributed by atoms with Gasteiger partial charge < -0.3 is 5.11 Å². The summed E-state index contributed by atoms with van der Waals surface area (Å²) in [5, 5.41) is 13.6. The lowest BCUT2D eigenvalue weighted by Gasteiger charge is -1.99. The van der Waals surface area contributed by atoms with Crippen LogP contribution in [0.4, 0.5) is 4.39 Å². The molecule has 3 aromatic rings. The lowest BCUT2D eigenvalue weighted by Crippen LogP contribution is -1.99. The first-order valence-electron chi connectivity index (χ1n) is 5.51. The number of hydrogen-bond donors (Lipinski definition) is 1. The zero-order valence-electron chi connectivity index (χ0n) is 9.92. The number of carboxylic acids is 1. The Hall–Kier alpha value is -2.21. The molecule has 1 aromatic carbocycles. The van der Waals surface area contributed by atoms with Gasteiger partial charge in [-0.2, -0.15) is 5.10 Å². The Morgan fingerprint density at radius 3 is 2.95 bits per heavy atom. The van der Waals surface area contributed by atoms with Crippen molar-refractivity contribution in [2.75, 3.05) is 0 Å². The van der Waals surface area contributed by atoms with E-state index in [9.17, 15) is 9.18 Å². The molecule has 0 saturated heterocycles. The average molecular weight is 276 g/mol. The first kappa shape index (κ1) is 11.9. The van der Waals surface area contributed by atoms with Crippen molar-refractivity contribution >= 4 is 27.4 Å². The summed E-state index contributed by atoms with van der Waals surface area (Å²) in [5.41, 5.74) is 0.613. The maximum atomic E-state index is 13.7. The van der Waals surface area contributed by atoms with Crippen LogP contribution in [0.3, 0.4) is 0 Å². The van der Waals surface area contributed by atoms with Gasteiger partial charge in [-0.25, -0.2) is 9.18 Å². The highest BCUT2D eigenvalue weighted by molar-refractivity contribution is 7.22. The quantitative estimate of drug-likeness (QED) is 0.782.